The van der Waals surface area contributed by atoms with Crippen LogP contribution in [0.15, 0.2) is 72.9 Å². The Morgan fingerprint density at radius 2 is 1.84 bits per heavy atom. The highest BCUT2D eigenvalue weighted by atomic mass is 32.1. The number of thiophene rings is 1. The van der Waals surface area contributed by atoms with E-state index in [4.69, 9.17) is 9.47 Å². The Balaban J connectivity index is 1.14. The van der Waals surface area contributed by atoms with Gasteiger partial charge in [0, 0.05) is 44.1 Å². The van der Waals surface area contributed by atoms with Gasteiger partial charge in [0.15, 0.2) is 0 Å². The molecule has 9 nitrogen and oxygen atoms in total. The number of hydrogen-bond donors (Lipinski definition) is 2. The number of amides is 1. The first-order chi connectivity index (χ1) is 20.8. The Bertz CT molecular complexity index is 1510. The predicted molar refractivity (Wildman–Crippen MR) is 157 cm³/mol. The van der Waals surface area contributed by atoms with Crippen molar-refractivity contribution in [1.82, 2.24) is 20.2 Å². The maximum atomic E-state index is 12.7. The average molecular weight is 614 g/mol. The fourth-order valence-corrected chi connectivity index (χ4v) is 5.26. The molecule has 226 valence electrons. The molecule has 0 bridgehead atoms. The summed E-state index contributed by atoms with van der Waals surface area (Å²) in [5.41, 5.74) is 1.88. The molecule has 2 N–H and O–H groups in total. The predicted octanol–water partition coefficient (Wildman–Crippen LogP) is 5.88. The molecule has 1 aliphatic rings. The van der Waals surface area contributed by atoms with Gasteiger partial charge in [-0.05, 0) is 54.4 Å². The first kappa shape index (κ1) is 30.3. The van der Waals surface area contributed by atoms with Gasteiger partial charge in [0.1, 0.15) is 11.5 Å². The second-order valence-corrected chi connectivity index (χ2v) is 10.7. The molecule has 5 rings (SSSR count). The molecule has 13 heteroatoms. The fraction of sp³-hybridized carbons (Fsp3) is 0.300. The molecule has 0 spiro atoms. The van der Waals surface area contributed by atoms with Crippen LogP contribution in [-0.2, 0) is 11.3 Å². The lowest BCUT2D eigenvalue weighted by Gasteiger charge is -2.26. The summed E-state index contributed by atoms with van der Waals surface area (Å²) in [6.45, 7) is 5.11. The van der Waals surface area contributed by atoms with Crippen LogP contribution in [-0.4, -0.2) is 66.6 Å². The third kappa shape index (κ3) is 9.40. The summed E-state index contributed by atoms with van der Waals surface area (Å²) >= 11 is 1.25. The Morgan fingerprint density at radius 3 is 2.67 bits per heavy atom. The highest BCUT2D eigenvalue weighted by molar-refractivity contribution is 7.17. The van der Waals surface area contributed by atoms with Crippen molar-refractivity contribution < 1.29 is 32.2 Å². The van der Waals surface area contributed by atoms with Gasteiger partial charge >= 0.3 is 6.36 Å². The van der Waals surface area contributed by atoms with E-state index in [2.05, 4.69) is 30.2 Å². The number of alkyl halides is 3. The second kappa shape index (κ2) is 14.3. The summed E-state index contributed by atoms with van der Waals surface area (Å²) in [7, 11) is 0. The maximum absolute atomic E-state index is 12.7. The Kier molecular flexibility index (Phi) is 10.1. The molecule has 1 aliphatic heterocycles. The number of nitrogens with one attached hydrogen (secondary N) is 2. The van der Waals surface area contributed by atoms with Gasteiger partial charge in [-0.1, -0.05) is 18.2 Å². The van der Waals surface area contributed by atoms with E-state index in [0.717, 1.165) is 55.6 Å². The second-order valence-electron chi connectivity index (χ2n) is 9.62. The number of anilines is 2. The van der Waals surface area contributed by atoms with E-state index in [-0.39, 0.29) is 18.2 Å². The molecule has 43 heavy (non-hydrogen) atoms. The first-order valence-electron chi connectivity index (χ1n) is 13.7. The zero-order valence-corrected chi connectivity index (χ0v) is 23.9. The number of nitrogens with zero attached hydrogens (tertiary/aromatic N) is 3. The van der Waals surface area contributed by atoms with Crippen LogP contribution in [0, 0.1) is 0 Å². The molecule has 0 atom stereocenters. The molecule has 1 saturated heterocycles. The summed E-state index contributed by atoms with van der Waals surface area (Å²) in [4.78, 5) is 25.2. The Morgan fingerprint density at radius 1 is 1.02 bits per heavy atom. The van der Waals surface area contributed by atoms with Crippen molar-refractivity contribution in [2.45, 2.75) is 19.3 Å². The van der Waals surface area contributed by atoms with Gasteiger partial charge in [0.25, 0.3) is 5.91 Å². The molecule has 4 aromatic rings. The minimum atomic E-state index is -4.78. The van der Waals surface area contributed by atoms with Crippen molar-refractivity contribution in [2.75, 3.05) is 44.8 Å². The number of hydrogen-bond acceptors (Lipinski definition) is 9. The van der Waals surface area contributed by atoms with Crippen molar-refractivity contribution in [3.8, 4) is 22.1 Å². The zero-order valence-electron chi connectivity index (χ0n) is 23.1. The third-order valence-corrected chi connectivity index (χ3v) is 7.51. The van der Waals surface area contributed by atoms with Crippen molar-refractivity contribution in [3.63, 3.8) is 0 Å². The number of ether oxygens (including phenoxy) is 3. The molecular formula is C30H30F3N5O4S. The lowest BCUT2D eigenvalue weighted by atomic mass is 10.2. The van der Waals surface area contributed by atoms with Crippen LogP contribution >= 0.6 is 11.3 Å². The third-order valence-electron chi connectivity index (χ3n) is 6.40. The van der Waals surface area contributed by atoms with E-state index in [1.165, 1.54) is 29.5 Å². The molecule has 0 aliphatic carbocycles. The van der Waals surface area contributed by atoms with Crippen LogP contribution in [0.25, 0.3) is 10.6 Å². The SMILES string of the molecule is O=C(NCc1cccc(OC(F)(F)F)c1)c1ccc(-c2ccnc(Nc3cccc(OCCCN4CCOCC4)c3)n2)s1. The summed E-state index contributed by atoms with van der Waals surface area (Å²) in [5.74, 6) is 0.441. The smallest absolute Gasteiger partial charge is 0.493 e. The minimum absolute atomic E-state index is 0.0410. The largest absolute Gasteiger partial charge is 0.573 e. The van der Waals surface area contributed by atoms with E-state index in [0.29, 0.717) is 28.7 Å². The topological polar surface area (TPSA) is 97.8 Å². The molecule has 0 saturated carbocycles. The molecule has 3 heterocycles. The lowest BCUT2D eigenvalue weighted by Crippen LogP contribution is -2.37. The van der Waals surface area contributed by atoms with Gasteiger partial charge in [-0.25, -0.2) is 9.97 Å². The number of carbonyl (C=O) groups excluding carboxylic acids is 1. The number of benzene rings is 2. The standard InChI is InChI=1S/C30H30F3N5O4S/c31-30(32,33)42-24-7-1-4-21(18-24)20-35-28(39)27-9-8-26(43-27)25-10-11-34-29(37-25)36-22-5-2-6-23(19-22)41-15-3-12-38-13-16-40-17-14-38/h1-2,4-11,18-19H,3,12-17,20H2,(H,35,39)(H,34,36,37). The summed E-state index contributed by atoms with van der Waals surface area (Å²) in [6, 6.07) is 18.3. The van der Waals surface area contributed by atoms with E-state index < -0.39 is 6.36 Å². The normalized spacial score (nSPS) is 13.8. The van der Waals surface area contributed by atoms with Gasteiger partial charge in [-0.3, -0.25) is 9.69 Å². The number of morpholine rings is 1. The summed E-state index contributed by atoms with van der Waals surface area (Å²) < 4.78 is 52.7. The number of aromatic nitrogens is 2. The maximum Gasteiger partial charge on any atom is 0.573 e. The van der Waals surface area contributed by atoms with Gasteiger partial charge in [0.05, 0.1) is 35.3 Å². The van der Waals surface area contributed by atoms with Crippen LogP contribution in [0.4, 0.5) is 24.8 Å². The fourth-order valence-electron chi connectivity index (χ4n) is 4.37. The molecular weight excluding hydrogens is 583 g/mol. The zero-order chi connectivity index (χ0) is 30.1. The molecule has 1 amide bonds. The van der Waals surface area contributed by atoms with Crippen LogP contribution in [0.1, 0.15) is 21.7 Å². The summed E-state index contributed by atoms with van der Waals surface area (Å²) in [5, 5.41) is 5.93. The van der Waals surface area contributed by atoms with Crippen LogP contribution in [0.2, 0.25) is 0 Å². The Labute approximate surface area is 250 Å². The highest BCUT2D eigenvalue weighted by Gasteiger charge is 2.31. The quantitative estimate of drug-likeness (QED) is 0.191. The van der Waals surface area contributed by atoms with E-state index in [1.807, 2.05) is 24.3 Å². The minimum Gasteiger partial charge on any atom is -0.493 e. The van der Waals surface area contributed by atoms with Gasteiger partial charge in [-0.15, -0.1) is 24.5 Å². The van der Waals surface area contributed by atoms with Crippen molar-refractivity contribution in [2.24, 2.45) is 0 Å². The molecule has 0 radical (unpaired) electrons. The van der Waals surface area contributed by atoms with Gasteiger partial charge in [-0.2, -0.15) is 0 Å². The van der Waals surface area contributed by atoms with Crippen LogP contribution < -0.4 is 20.1 Å². The average Bonchev–Trinajstić information content (AvgIpc) is 3.49. The lowest BCUT2D eigenvalue weighted by molar-refractivity contribution is -0.274. The van der Waals surface area contributed by atoms with Crippen molar-refractivity contribution in [1.29, 1.82) is 0 Å². The molecule has 0 unspecified atom stereocenters. The Hall–Kier alpha value is -4.20. The van der Waals surface area contributed by atoms with Crippen LogP contribution in [0.3, 0.4) is 0 Å². The van der Waals surface area contributed by atoms with E-state index >= 15 is 0 Å². The van der Waals surface area contributed by atoms with E-state index in [9.17, 15) is 18.0 Å². The highest BCUT2D eigenvalue weighted by Crippen LogP contribution is 2.28. The van der Waals surface area contributed by atoms with E-state index in [1.54, 1.807) is 30.5 Å². The van der Waals surface area contributed by atoms with Crippen LogP contribution in [0.5, 0.6) is 11.5 Å². The van der Waals surface area contributed by atoms with Crippen molar-refractivity contribution >= 4 is 28.9 Å². The molecule has 2 aromatic heterocycles. The number of rotatable bonds is 12. The van der Waals surface area contributed by atoms with Gasteiger partial charge in [0.2, 0.25) is 5.95 Å². The van der Waals surface area contributed by atoms with Gasteiger partial charge < -0.3 is 24.8 Å². The number of carbonyl (C=O) groups is 1. The summed E-state index contributed by atoms with van der Waals surface area (Å²) in [6.07, 6.45) is -2.23. The molecule has 2 aromatic carbocycles. The molecule has 1 fully saturated rings. The number of halogens is 3. The first-order valence-corrected chi connectivity index (χ1v) is 14.5. The monoisotopic (exact) mass is 613 g/mol. The van der Waals surface area contributed by atoms with Crippen molar-refractivity contribution in [3.05, 3.63) is 83.4 Å².